The lowest BCUT2D eigenvalue weighted by molar-refractivity contribution is 0.0953. The van der Waals surface area contributed by atoms with Crippen molar-refractivity contribution in [3.05, 3.63) is 65.7 Å². The molecule has 0 fully saturated rings. The minimum Gasteiger partial charge on any atom is -0.368 e. The van der Waals surface area contributed by atoms with Crippen LogP contribution in [-0.2, 0) is 0 Å². The molecule has 1 aromatic carbocycles. The SMILES string of the molecule is CC(=O)c1ccc(C(=O)NCCNc2cc(-n3ccc(C)n3)ncn2)cc1. The van der Waals surface area contributed by atoms with Crippen LogP contribution in [0.5, 0.6) is 0 Å². The summed E-state index contributed by atoms with van der Waals surface area (Å²) in [5.41, 5.74) is 2.00. The molecule has 2 N–H and O–H groups in total. The zero-order valence-corrected chi connectivity index (χ0v) is 15.1. The van der Waals surface area contributed by atoms with Gasteiger partial charge in [-0.25, -0.2) is 14.6 Å². The molecule has 0 aliphatic rings. The molecule has 3 aromatic rings. The fraction of sp³-hybridized carbons (Fsp3) is 0.211. The highest BCUT2D eigenvalue weighted by atomic mass is 16.1. The van der Waals surface area contributed by atoms with Crippen LogP contribution in [0.25, 0.3) is 5.82 Å². The normalized spacial score (nSPS) is 10.4. The first-order valence-corrected chi connectivity index (χ1v) is 8.51. The number of rotatable bonds is 7. The number of aryl methyl sites for hydroxylation is 1. The first kappa shape index (κ1) is 18.2. The highest BCUT2D eigenvalue weighted by Crippen LogP contribution is 2.08. The van der Waals surface area contributed by atoms with Gasteiger partial charge in [-0.2, -0.15) is 5.10 Å². The van der Waals surface area contributed by atoms with Crippen molar-refractivity contribution in [2.75, 3.05) is 18.4 Å². The van der Waals surface area contributed by atoms with E-state index in [0.717, 1.165) is 5.69 Å². The van der Waals surface area contributed by atoms with E-state index in [1.165, 1.54) is 13.3 Å². The van der Waals surface area contributed by atoms with Crippen molar-refractivity contribution in [3.63, 3.8) is 0 Å². The fourth-order valence-electron chi connectivity index (χ4n) is 2.44. The summed E-state index contributed by atoms with van der Waals surface area (Å²) in [7, 11) is 0. The summed E-state index contributed by atoms with van der Waals surface area (Å²) in [6, 6.07) is 10.3. The number of nitrogens with one attached hydrogen (secondary N) is 2. The van der Waals surface area contributed by atoms with Crippen LogP contribution < -0.4 is 10.6 Å². The summed E-state index contributed by atoms with van der Waals surface area (Å²) >= 11 is 0. The smallest absolute Gasteiger partial charge is 0.251 e. The Morgan fingerprint density at radius 3 is 2.44 bits per heavy atom. The maximum Gasteiger partial charge on any atom is 0.251 e. The second-order valence-corrected chi connectivity index (χ2v) is 5.98. The minimum absolute atomic E-state index is 0.0272. The van der Waals surface area contributed by atoms with E-state index in [1.54, 1.807) is 35.0 Å². The van der Waals surface area contributed by atoms with Gasteiger partial charge < -0.3 is 10.6 Å². The maximum atomic E-state index is 12.1. The molecule has 0 saturated carbocycles. The van der Waals surface area contributed by atoms with Crippen LogP contribution in [0.3, 0.4) is 0 Å². The summed E-state index contributed by atoms with van der Waals surface area (Å²) in [4.78, 5) is 31.7. The van der Waals surface area contributed by atoms with E-state index in [4.69, 9.17) is 0 Å². The first-order chi connectivity index (χ1) is 13.0. The third-order valence-corrected chi connectivity index (χ3v) is 3.88. The highest BCUT2D eigenvalue weighted by Gasteiger charge is 2.06. The van der Waals surface area contributed by atoms with Crippen LogP contribution in [0.15, 0.2) is 48.9 Å². The summed E-state index contributed by atoms with van der Waals surface area (Å²) in [6.45, 7) is 4.33. The number of benzene rings is 1. The predicted molar refractivity (Wildman–Crippen MR) is 101 cm³/mol. The second kappa shape index (κ2) is 8.22. The molecule has 0 unspecified atom stereocenters. The van der Waals surface area contributed by atoms with Gasteiger partial charge in [0, 0.05) is 36.5 Å². The van der Waals surface area contributed by atoms with Gasteiger partial charge in [0.1, 0.15) is 12.1 Å². The molecule has 0 radical (unpaired) electrons. The number of anilines is 1. The van der Waals surface area contributed by atoms with Gasteiger partial charge >= 0.3 is 0 Å². The van der Waals surface area contributed by atoms with Crippen molar-refractivity contribution in [2.24, 2.45) is 0 Å². The summed E-state index contributed by atoms with van der Waals surface area (Å²) in [5.74, 6) is 1.09. The standard InChI is InChI=1S/C19H20N6O2/c1-13-7-10-25(24-13)18-11-17(22-12-23-18)20-8-9-21-19(27)16-5-3-15(4-6-16)14(2)26/h3-7,10-12H,8-9H2,1-2H3,(H,21,27)(H,20,22,23). The molecule has 0 bridgehead atoms. The molecule has 0 saturated heterocycles. The largest absolute Gasteiger partial charge is 0.368 e. The number of carbonyl (C=O) groups excluding carboxylic acids is 2. The molecule has 27 heavy (non-hydrogen) atoms. The number of aromatic nitrogens is 4. The average Bonchev–Trinajstić information content (AvgIpc) is 3.12. The Morgan fingerprint density at radius 1 is 1.04 bits per heavy atom. The van der Waals surface area contributed by atoms with Gasteiger partial charge in [0.15, 0.2) is 11.6 Å². The number of amides is 1. The van der Waals surface area contributed by atoms with Gasteiger partial charge in [-0.15, -0.1) is 0 Å². The molecule has 2 heterocycles. The second-order valence-electron chi connectivity index (χ2n) is 5.98. The van der Waals surface area contributed by atoms with E-state index in [-0.39, 0.29) is 11.7 Å². The Morgan fingerprint density at radius 2 is 1.78 bits per heavy atom. The molecule has 2 aromatic heterocycles. The Bertz CT molecular complexity index is 949. The Labute approximate surface area is 156 Å². The third kappa shape index (κ3) is 4.75. The number of nitrogens with zero attached hydrogens (tertiary/aromatic N) is 4. The lowest BCUT2D eigenvalue weighted by atomic mass is 10.1. The van der Waals surface area contributed by atoms with E-state index in [0.29, 0.717) is 35.9 Å². The van der Waals surface area contributed by atoms with Crippen LogP contribution >= 0.6 is 0 Å². The molecule has 8 heteroatoms. The van der Waals surface area contributed by atoms with Gasteiger partial charge in [0.05, 0.1) is 5.69 Å². The lowest BCUT2D eigenvalue weighted by Crippen LogP contribution is -2.28. The van der Waals surface area contributed by atoms with Gasteiger partial charge in [0.2, 0.25) is 0 Å². The first-order valence-electron chi connectivity index (χ1n) is 8.51. The van der Waals surface area contributed by atoms with Crippen molar-refractivity contribution >= 4 is 17.5 Å². The molecule has 0 aliphatic carbocycles. The van der Waals surface area contributed by atoms with E-state index in [9.17, 15) is 9.59 Å². The number of hydrogen-bond acceptors (Lipinski definition) is 6. The van der Waals surface area contributed by atoms with Crippen molar-refractivity contribution in [2.45, 2.75) is 13.8 Å². The van der Waals surface area contributed by atoms with E-state index in [1.807, 2.05) is 19.2 Å². The monoisotopic (exact) mass is 364 g/mol. The predicted octanol–water partition coefficient (Wildman–Crippen LogP) is 2.02. The zero-order chi connectivity index (χ0) is 19.2. The highest BCUT2D eigenvalue weighted by molar-refractivity contribution is 5.97. The molecule has 8 nitrogen and oxygen atoms in total. The topological polar surface area (TPSA) is 102 Å². The van der Waals surface area contributed by atoms with Crippen molar-refractivity contribution in [1.29, 1.82) is 0 Å². The molecular formula is C19H20N6O2. The molecule has 0 spiro atoms. The minimum atomic E-state index is -0.192. The van der Waals surface area contributed by atoms with Gasteiger partial charge in [-0.3, -0.25) is 9.59 Å². The number of ketones is 1. The Kier molecular flexibility index (Phi) is 5.55. The fourth-order valence-corrected chi connectivity index (χ4v) is 2.44. The van der Waals surface area contributed by atoms with Gasteiger partial charge in [-0.1, -0.05) is 12.1 Å². The molecule has 138 valence electrons. The summed E-state index contributed by atoms with van der Waals surface area (Å²) in [5, 5.41) is 10.3. The van der Waals surface area contributed by atoms with Crippen LogP contribution in [0.4, 0.5) is 5.82 Å². The van der Waals surface area contributed by atoms with Gasteiger partial charge in [-0.05, 0) is 32.0 Å². The molecule has 1 amide bonds. The Balaban J connectivity index is 1.50. The van der Waals surface area contributed by atoms with Crippen LogP contribution in [0.2, 0.25) is 0 Å². The summed E-state index contributed by atoms with van der Waals surface area (Å²) < 4.78 is 1.68. The quantitative estimate of drug-likeness (QED) is 0.491. The molecule has 0 atom stereocenters. The summed E-state index contributed by atoms with van der Waals surface area (Å²) in [6.07, 6.45) is 3.29. The third-order valence-electron chi connectivity index (χ3n) is 3.88. The van der Waals surface area contributed by atoms with Gasteiger partial charge in [0.25, 0.3) is 5.91 Å². The van der Waals surface area contributed by atoms with E-state index < -0.39 is 0 Å². The molecule has 3 rings (SSSR count). The van der Waals surface area contributed by atoms with Crippen molar-refractivity contribution in [3.8, 4) is 5.82 Å². The van der Waals surface area contributed by atoms with E-state index >= 15 is 0 Å². The molecule has 0 aliphatic heterocycles. The van der Waals surface area contributed by atoms with E-state index in [2.05, 4.69) is 25.7 Å². The zero-order valence-electron chi connectivity index (χ0n) is 15.1. The van der Waals surface area contributed by atoms with Crippen molar-refractivity contribution in [1.82, 2.24) is 25.1 Å². The molecular weight excluding hydrogens is 344 g/mol. The van der Waals surface area contributed by atoms with Crippen LogP contribution in [0.1, 0.15) is 33.3 Å². The number of hydrogen-bond donors (Lipinski definition) is 2. The number of carbonyl (C=O) groups is 2. The lowest BCUT2D eigenvalue weighted by Gasteiger charge is -2.08. The number of Topliss-reactive ketones (excluding diaryl/α,β-unsaturated/α-hetero) is 1. The van der Waals surface area contributed by atoms with Crippen molar-refractivity contribution < 1.29 is 9.59 Å². The maximum absolute atomic E-state index is 12.1. The Hall–Kier alpha value is -3.55. The average molecular weight is 364 g/mol. The van der Waals surface area contributed by atoms with Crippen LogP contribution in [0, 0.1) is 6.92 Å². The van der Waals surface area contributed by atoms with Crippen LogP contribution in [-0.4, -0.2) is 44.5 Å².